The van der Waals surface area contributed by atoms with E-state index in [0.29, 0.717) is 17.0 Å². The third kappa shape index (κ3) is 3.71. The second-order valence-electron chi connectivity index (χ2n) is 8.60. The van der Waals surface area contributed by atoms with E-state index >= 15 is 0 Å². The zero-order valence-corrected chi connectivity index (χ0v) is 19.2. The van der Waals surface area contributed by atoms with Crippen LogP contribution in [0.1, 0.15) is 37.7 Å². The fourth-order valence-corrected chi connectivity index (χ4v) is 5.90. The predicted octanol–water partition coefficient (Wildman–Crippen LogP) is 4.08. The summed E-state index contributed by atoms with van der Waals surface area (Å²) < 4.78 is 33.3. The van der Waals surface area contributed by atoms with Crippen molar-refractivity contribution in [1.82, 2.24) is 14.8 Å². The third-order valence-corrected chi connectivity index (χ3v) is 7.39. The molecule has 166 valence electrons. The Morgan fingerprint density at radius 3 is 2.09 bits per heavy atom. The van der Waals surface area contributed by atoms with Crippen LogP contribution in [0.2, 0.25) is 0 Å². The van der Waals surface area contributed by atoms with Crippen molar-refractivity contribution in [3.63, 3.8) is 0 Å². The van der Waals surface area contributed by atoms with Crippen LogP contribution in [0.5, 0.6) is 0 Å². The van der Waals surface area contributed by atoms with Crippen molar-refractivity contribution in [1.29, 1.82) is 0 Å². The van der Waals surface area contributed by atoms with E-state index in [0.717, 1.165) is 15.4 Å². The molecule has 0 saturated carbocycles. The van der Waals surface area contributed by atoms with Crippen LogP contribution in [0.4, 0.5) is 0 Å². The van der Waals surface area contributed by atoms with Crippen molar-refractivity contribution in [2.75, 3.05) is 0 Å². The Balaban J connectivity index is 1.78. The first kappa shape index (κ1) is 21.8. The van der Waals surface area contributed by atoms with Crippen LogP contribution in [-0.2, 0) is 21.4 Å². The lowest BCUT2D eigenvalue weighted by Gasteiger charge is -2.30. The Hall–Kier alpha value is -3.39. The lowest BCUT2D eigenvalue weighted by atomic mass is 10.1. The van der Waals surface area contributed by atoms with E-state index < -0.39 is 21.5 Å². The summed E-state index contributed by atoms with van der Waals surface area (Å²) in [5.74, 6) is 0.0194. The van der Waals surface area contributed by atoms with Crippen molar-refractivity contribution in [2.45, 2.75) is 39.8 Å². The number of nitrogens with zero attached hydrogens (tertiary/aromatic N) is 2. The van der Waals surface area contributed by atoms with Gasteiger partial charge in [-0.1, -0.05) is 65.8 Å². The molecule has 0 spiro atoms. The molecule has 0 atom stereocenters. The summed E-state index contributed by atoms with van der Waals surface area (Å²) in [4.78, 5) is 13.3. The number of benzene rings is 2. The highest BCUT2D eigenvalue weighted by Crippen LogP contribution is 2.39. The maximum Gasteiger partial charge on any atom is 0.285 e. The summed E-state index contributed by atoms with van der Waals surface area (Å²) in [6, 6.07) is 18.2. The number of hydrogen-bond acceptors (Lipinski definition) is 6. The Bertz CT molecular complexity index is 1290. The van der Waals surface area contributed by atoms with Gasteiger partial charge in [-0.05, 0) is 33.3 Å². The molecule has 1 aliphatic rings. The molecule has 0 aliphatic carbocycles. The van der Waals surface area contributed by atoms with E-state index in [4.69, 9.17) is 4.52 Å². The first-order chi connectivity index (χ1) is 15.1. The van der Waals surface area contributed by atoms with Crippen molar-refractivity contribution < 1.29 is 17.7 Å². The number of hydrogen-bond donors (Lipinski definition) is 1. The fraction of sp³-hybridized carbons (Fsp3) is 0.250. The number of aryl methyl sites for hydroxylation is 1. The number of nitrogens with one attached hydrogen (secondary N) is 1. The number of aromatic nitrogens is 1. The van der Waals surface area contributed by atoms with E-state index in [9.17, 15) is 13.2 Å². The lowest BCUT2D eigenvalue weighted by molar-refractivity contribution is -0.125. The zero-order valence-electron chi connectivity index (χ0n) is 18.4. The SMILES string of the molecule is Cc1onc(-c2ccccc2)c1CNC1=C(c2ccccc2)S(=O)(=O)N(C(C)(C)C)C1=O. The average molecular weight is 452 g/mol. The molecule has 0 fully saturated rings. The molecule has 1 aromatic heterocycles. The Morgan fingerprint density at radius 2 is 1.53 bits per heavy atom. The maximum atomic E-state index is 13.5. The molecule has 8 heteroatoms. The standard InChI is InChI=1S/C24H25N3O4S/c1-16-19(20(26-31-16)17-11-7-5-8-12-17)15-25-21-22(18-13-9-6-10-14-18)32(29,30)27(23(21)28)24(2,3)4/h5-14,25H,15H2,1-4H3. The quantitative estimate of drug-likeness (QED) is 0.628. The van der Waals surface area contributed by atoms with Gasteiger partial charge < -0.3 is 9.84 Å². The number of sulfonamides is 1. The monoisotopic (exact) mass is 451 g/mol. The second-order valence-corrected chi connectivity index (χ2v) is 10.3. The number of carbonyl (C=O) groups excluding carboxylic acids is 1. The van der Waals surface area contributed by atoms with Gasteiger partial charge >= 0.3 is 0 Å². The molecule has 7 nitrogen and oxygen atoms in total. The van der Waals surface area contributed by atoms with Gasteiger partial charge in [-0.15, -0.1) is 0 Å². The van der Waals surface area contributed by atoms with Gasteiger partial charge in [-0.25, -0.2) is 12.7 Å². The van der Waals surface area contributed by atoms with Gasteiger partial charge in [0.05, 0.1) is 5.54 Å². The normalized spacial score (nSPS) is 16.0. The lowest BCUT2D eigenvalue weighted by Crippen LogP contribution is -2.46. The highest BCUT2D eigenvalue weighted by molar-refractivity contribution is 7.99. The minimum atomic E-state index is -4.04. The predicted molar refractivity (Wildman–Crippen MR) is 122 cm³/mol. The highest BCUT2D eigenvalue weighted by atomic mass is 32.2. The van der Waals surface area contributed by atoms with Crippen LogP contribution in [0.15, 0.2) is 70.9 Å². The van der Waals surface area contributed by atoms with E-state index in [1.54, 1.807) is 58.0 Å². The fourth-order valence-electron chi connectivity index (χ4n) is 3.83. The molecule has 4 rings (SSSR count). The summed E-state index contributed by atoms with van der Waals surface area (Å²) in [6.07, 6.45) is 0. The summed E-state index contributed by atoms with van der Waals surface area (Å²) in [5, 5.41) is 7.27. The van der Waals surface area contributed by atoms with Crippen LogP contribution >= 0.6 is 0 Å². The topological polar surface area (TPSA) is 92.5 Å². The van der Waals surface area contributed by atoms with Crippen LogP contribution in [-0.4, -0.2) is 29.3 Å². The summed E-state index contributed by atoms with van der Waals surface area (Å²) in [6.45, 7) is 7.07. The Morgan fingerprint density at radius 1 is 0.969 bits per heavy atom. The number of rotatable bonds is 5. The molecule has 1 amide bonds. The van der Waals surface area contributed by atoms with Crippen molar-refractivity contribution in [3.05, 3.63) is 83.2 Å². The Labute approximate surface area is 187 Å². The zero-order chi connectivity index (χ0) is 23.1. The van der Waals surface area contributed by atoms with Crippen LogP contribution in [0.25, 0.3) is 16.2 Å². The molecule has 0 unspecified atom stereocenters. The number of carbonyl (C=O) groups is 1. The van der Waals surface area contributed by atoms with E-state index in [1.807, 2.05) is 30.3 Å². The molecular formula is C24H25N3O4S. The highest BCUT2D eigenvalue weighted by Gasteiger charge is 2.49. The minimum Gasteiger partial charge on any atom is -0.375 e. The van der Waals surface area contributed by atoms with Crippen molar-refractivity contribution in [2.24, 2.45) is 0 Å². The van der Waals surface area contributed by atoms with Gasteiger partial charge in [0.1, 0.15) is 22.1 Å². The Kier molecular flexibility index (Phi) is 5.42. The summed E-state index contributed by atoms with van der Waals surface area (Å²) in [5.41, 5.74) is 1.88. The van der Waals surface area contributed by atoms with Crippen molar-refractivity contribution in [3.8, 4) is 11.3 Å². The third-order valence-electron chi connectivity index (χ3n) is 5.24. The first-order valence-electron chi connectivity index (χ1n) is 10.3. The average Bonchev–Trinajstić information content (AvgIpc) is 3.20. The molecule has 0 radical (unpaired) electrons. The number of amides is 1. The summed E-state index contributed by atoms with van der Waals surface area (Å²) in [7, 11) is -4.04. The van der Waals surface area contributed by atoms with Crippen LogP contribution in [0.3, 0.4) is 0 Å². The van der Waals surface area contributed by atoms with Crippen LogP contribution in [0, 0.1) is 6.92 Å². The van der Waals surface area contributed by atoms with E-state index in [1.165, 1.54) is 0 Å². The molecule has 2 aromatic carbocycles. The van der Waals surface area contributed by atoms with E-state index in [-0.39, 0.29) is 17.1 Å². The molecule has 0 saturated heterocycles. The second kappa shape index (κ2) is 7.94. The molecule has 2 heterocycles. The molecule has 32 heavy (non-hydrogen) atoms. The van der Waals surface area contributed by atoms with Crippen LogP contribution < -0.4 is 5.32 Å². The first-order valence-corrected chi connectivity index (χ1v) is 11.7. The smallest absolute Gasteiger partial charge is 0.285 e. The van der Waals surface area contributed by atoms with Gasteiger partial charge in [0.15, 0.2) is 0 Å². The molecule has 1 aliphatic heterocycles. The van der Waals surface area contributed by atoms with Gasteiger partial charge in [-0.2, -0.15) is 0 Å². The molecular weight excluding hydrogens is 426 g/mol. The van der Waals surface area contributed by atoms with Gasteiger partial charge in [-0.3, -0.25) is 4.79 Å². The van der Waals surface area contributed by atoms with Crippen molar-refractivity contribution >= 4 is 20.8 Å². The molecule has 1 N–H and O–H groups in total. The summed E-state index contributed by atoms with van der Waals surface area (Å²) >= 11 is 0. The largest absolute Gasteiger partial charge is 0.375 e. The van der Waals surface area contributed by atoms with Gasteiger partial charge in [0.2, 0.25) is 0 Å². The van der Waals surface area contributed by atoms with Gasteiger partial charge in [0, 0.05) is 17.7 Å². The minimum absolute atomic E-state index is 0.0200. The molecule has 0 bridgehead atoms. The van der Waals surface area contributed by atoms with E-state index in [2.05, 4.69) is 10.5 Å². The molecule has 3 aromatic rings. The van der Waals surface area contributed by atoms with Gasteiger partial charge in [0.25, 0.3) is 15.9 Å². The maximum absolute atomic E-state index is 13.5.